The third kappa shape index (κ3) is 4.56. The lowest BCUT2D eigenvalue weighted by Crippen LogP contribution is -2.68. The number of ketones is 1. The van der Waals surface area contributed by atoms with Gasteiger partial charge in [-0.3, -0.25) is 9.32 Å². The van der Waals surface area contributed by atoms with Crippen LogP contribution in [0.25, 0.3) is 0 Å². The minimum absolute atomic E-state index is 0.00506. The first-order valence-corrected chi connectivity index (χ1v) is 12.4. The lowest BCUT2D eigenvalue weighted by molar-refractivity contribution is -0.760. The molecule has 9 nitrogen and oxygen atoms in total. The van der Waals surface area contributed by atoms with E-state index in [1.165, 1.54) is 21.2 Å². The predicted octanol–water partition coefficient (Wildman–Crippen LogP) is 1.99. The molecule has 2 aromatic rings. The SMILES string of the molecule is Nc1on[n+](N2CCN(S(=O)(=O)c3ccc(Cl)cc3)CC2)c1C(=O)C1CCCCCC1. The fraction of sp³-hybridized carbons (Fsp3) is 0.550. The number of aromatic nitrogens is 2. The zero-order chi connectivity index (χ0) is 22.0. The number of nitrogens with zero attached hydrogens (tertiary/aromatic N) is 4. The number of hydrogen-bond acceptors (Lipinski definition) is 7. The maximum Gasteiger partial charge on any atom is 0.373 e. The molecular formula is C20H27ClN5O4S+. The average Bonchev–Trinajstić information content (AvgIpc) is 2.97. The van der Waals surface area contributed by atoms with Crippen LogP contribution in [0, 0.1) is 5.92 Å². The van der Waals surface area contributed by atoms with E-state index in [4.69, 9.17) is 21.9 Å². The summed E-state index contributed by atoms with van der Waals surface area (Å²) < 4.78 is 32.4. The van der Waals surface area contributed by atoms with Crippen LogP contribution in [-0.4, -0.2) is 50.0 Å². The number of carbonyl (C=O) groups excluding carboxylic acids is 1. The van der Waals surface area contributed by atoms with Crippen molar-refractivity contribution in [3.63, 3.8) is 0 Å². The van der Waals surface area contributed by atoms with E-state index in [9.17, 15) is 13.2 Å². The number of sulfonamides is 1. The number of hydrogen-bond donors (Lipinski definition) is 1. The highest BCUT2D eigenvalue weighted by Crippen LogP contribution is 2.27. The van der Waals surface area contributed by atoms with Crippen LogP contribution in [-0.2, 0) is 10.0 Å². The Morgan fingerprint density at radius 2 is 1.68 bits per heavy atom. The van der Waals surface area contributed by atoms with E-state index in [1.807, 2.05) is 0 Å². The highest BCUT2D eigenvalue weighted by Gasteiger charge is 2.41. The smallest absolute Gasteiger partial charge is 0.361 e. The molecule has 1 saturated carbocycles. The molecule has 2 heterocycles. The summed E-state index contributed by atoms with van der Waals surface area (Å²) in [7, 11) is -3.62. The lowest BCUT2D eigenvalue weighted by atomic mass is 9.93. The van der Waals surface area contributed by atoms with Crippen molar-refractivity contribution in [2.45, 2.75) is 43.4 Å². The fourth-order valence-corrected chi connectivity index (χ4v) is 5.82. The van der Waals surface area contributed by atoms with Gasteiger partial charge in [-0.05, 0) is 37.1 Å². The summed E-state index contributed by atoms with van der Waals surface area (Å²) in [6, 6.07) is 6.12. The standard InChI is InChI=1S/C20H26ClN5O4S/c21-16-7-9-17(10-8-16)31(28,29)25-13-11-24(12-14-25)26-18(20(22)30-23-26)19(27)15-5-3-1-2-4-6-15/h7-10,15H,1-6,11-14H2,(H-,22,23,27)/p+1. The number of Topliss-reactive ketones (excluding diaryl/α,β-unsaturated/α-hetero) is 1. The summed E-state index contributed by atoms with van der Waals surface area (Å²) in [4.78, 5) is 14.8. The predicted molar refractivity (Wildman–Crippen MR) is 115 cm³/mol. The molecule has 0 atom stereocenters. The summed E-state index contributed by atoms with van der Waals surface area (Å²) in [6.07, 6.45) is 6.04. The number of halogens is 1. The molecule has 1 aromatic carbocycles. The molecule has 1 aliphatic heterocycles. The molecular weight excluding hydrogens is 442 g/mol. The Bertz CT molecular complexity index is 1020. The van der Waals surface area contributed by atoms with Gasteiger partial charge >= 0.3 is 11.6 Å². The van der Waals surface area contributed by atoms with E-state index in [-0.39, 0.29) is 41.3 Å². The Balaban J connectivity index is 1.48. The number of anilines is 1. The van der Waals surface area contributed by atoms with Gasteiger partial charge in [0, 0.05) is 24.0 Å². The second kappa shape index (κ2) is 9.13. The minimum Gasteiger partial charge on any atom is -0.361 e. The Hall–Kier alpha value is -2.17. The molecule has 0 bridgehead atoms. The molecule has 11 heteroatoms. The Morgan fingerprint density at radius 1 is 1.06 bits per heavy atom. The first-order chi connectivity index (χ1) is 14.9. The van der Waals surface area contributed by atoms with Crippen LogP contribution in [0.5, 0.6) is 0 Å². The van der Waals surface area contributed by atoms with Gasteiger partial charge in [-0.15, -0.1) is 5.01 Å². The highest BCUT2D eigenvalue weighted by atomic mass is 35.5. The van der Waals surface area contributed by atoms with Gasteiger partial charge in [0.2, 0.25) is 21.1 Å². The molecule has 0 radical (unpaired) electrons. The van der Waals surface area contributed by atoms with E-state index < -0.39 is 10.0 Å². The zero-order valence-electron chi connectivity index (χ0n) is 17.2. The van der Waals surface area contributed by atoms with Crippen molar-refractivity contribution in [3.05, 3.63) is 35.0 Å². The van der Waals surface area contributed by atoms with Gasteiger partial charge < -0.3 is 5.73 Å². The summed E-state index contributed by atoms with van der Waals surface area (Å²) >= 11 is 5.87. The maximum absolute atomic E-state index is 13.2. The van der Waals surface area contributed by atoms with E-state index in [0.717, 1.165) is 38.5 Å². The molecule has 2 N–H and O–H groups in total. The van der Waals surface area contributed by atoms with Gasteiger partial charge in [-0.1, -0.05) is 37.3 Å². The van der Waals surface area contributed by atoms with Gasteiger partial charge in [-0.2, -0.15) is 4.31 Å². The van der Waals surface area contributed by atoms with Crippen molar-refractivity contribution in [2.24, 2.45) is 5.92 Å². The van der Waals surface area contributed by atoms with Crippen LogP contribution in [0.15, 0.2) is 33.7 Å². The molecule has 2 fully saturated rings. The lowest BCUT2D eigenvalue weighted by Gasteiger charge is -2.29. The summed E-state index contributed by atoms with van der Waals surface area (Å²) in [6.45, 7) is 1.21. The van der Waals surface area contributed by atoms with Gasteiger partial charge in [0.25, 0.3) is 0 Å². The summed E-state index contributed by atoms with van der Waals surface area (Å²) in [5.74, 6) is -0.121. The number of rotatable bonds is 5. The minimum atomic E-state index is -3.62. The van der Waals surface area contributed by atoms with Gasteiger partial charge in [-0.25, -0.2) is 8.42 Å². The van der Waals surface area contributed by atoms with E-state index >= 15 is 0 Å². The van der Waals surface area contributed by atoms with Gasteiger partial charge in [0.1, 0.15) is 0 Å². The number of benzene rings is 1. The van der Waals surface area contributed by atoms with Crippen LogP contribution < -0.4 is 15.5 Å². The van der Waals surface area contributed by atoms with E-state index in [0.29, 0.717) is 18.1 Å². The molecule has 0 unspecified atom stereocenters. The van der Waals surface area contributed by atoms with Crippen LogP contribution in [0.2, 0.25) is 5.02 Å². The van der Waals surface area contributed by atoms with Crippen LogP contribution in [0.1, 0.15) is 49.0 Å². The molecule has 1 aromatic heterocycles. The average molecular weight is 469 g/mol. The molecule has 168 valence electrons. The number of carbonyl (C=O) groups is 1. The molecule has 1 saturated heterocycles. The first kappa shape index (κ1) is 22.0. The number of nitrogens with two attached hydrogens (primary N) is 1. The Kier molecular flexibility index (Phi) is 6.49. The molecule has 31 heavy (non-hydrogen) atoms. The van der Waals surface area contributed by atoms with Crippen molar-refractivity contribution in [1.29, 1.82) is 0 Å². The number of nitrogen functional groups attached to an aromatic ring is 1. The van der Waals surface area contributed by atoms with Crippen LogP contribution in [0.3, 0.4) is 0 Å². The fourth-order valence-electron chi connectivity index (χ4n) is 4.28. The second-order valence-corrected chi connectivity index (χ2v) is 10.4. The molecule has 0 spiro atoms. The van der Waals surface area contributed by atoms with Crippen LogP contribution in [0.4, 0.5) is 5.88 Å². The highest BCUT2D eigenvalue weighted by molar-refractivity contribution is 7.89. The molecule has 4 rings (SSSR count). The first-order valence-electron chi connectivity index (χ1n) is 10.6. The molecule has 1 aliphatic carbocycles. The molecule has 2 aliphatic rings. The van der Waals surface area contributed by atoms with Crippen molar-refractivity contribution in [2.75, 3.05) is 36.9 Å². The summed E-state index contributed by atoms with van der Waals surface area (Å²) in [5, 5.41) is 6.26. The maximum atomic E-state index is 13.2. The topological polar surface area (TPSA) is 114 Å². The van der Waals surface area contributed by atoms with Crippen molar-refractivity contribution < 1.29 is 22.5 Å². The Morgan fingerprint density at radius 3 is 2.29 bits per heavy atom. The quantitative estimate of drug-likeness (QED) is 0.405. The number of piperazine rings is 1. The van der Waals surface area contributed by atoms with Gasteiger partial charge in [0.05, 0.1) is 22.8 Å². The third-order valence-corrected chi connectivity index (χ3v) is 8.21. The largest absolute Gasteiger partial charge is 0.373 e. The summed E-state index contributed by atoms with van der Waals surface area (Å²) in [5.41, 5.74) is 6.23. The van der Waals surface area contributed by atoms with Crippen molar-refractivity contribution in [3.8, 4) is 0 Å². The van der Waals surface area contributed by atoms with Gasteiger partial charge in [0.15, 0.2) is 0 Å². The monoisotopic (exact) mass is 468 g/mol. The van der Waals surface area contributed by atoms with E-state index in [2.05, 4.69) is 5.27 Å². The van der Waals surface area contributed by atoms with Crippen molar-refractivity contribution >= 4 is 33.3 Å². The molecule has 0 amide bonds. The van der Waals surface area contributed by atoms with Crippen LogP contribution >= 0.6 is 11.6 Å². The third-order valence-electron chi connectivity index (χ3n) is 6.04. The Labute approximate surface area is 186 Å². The van der Waals surface area contributed by atoms with E-state index in [1.54, 1.807) is 17.1 Å². The normalized spacial score (nSPS) is 19.3. The second-order valence-electron chi connectivity index (χ2n) is 8.04. The zero-order valence-corrected chi connectivity index (χ0v) is 18.8. The van der Waals surface area contributed by atoms with Crippen molar-refractivity contribution in [1.82, 2.24) is 9.58 Å².